The summed E-state index contributed by atoms with van der Waals surface area (Å²) in [6.45, 7) is 11.9. The lowest BCUT2D eigenvalue weighted by Crippen LogP contribution is -2.51. The zero-order valence-electron chi connectivity index (χ0n) is 12.4. The molecule has 0 aliphatic carbocycles. The summed E-state index contributed by atoms with van der Waals surface area (Å²) >= 11 is 0. The molecule has 3 nitrogen and oxygen atoms in total. The van der Waals surface area contributed by atoms with Gasteiger partial charge in [-0.05, 0) is 37.8 Å². The molecule has 3 heteroatoms. The topological polar surface area (TPSA) is 27.3 Å². The Morgan fingerprint density at radius 3 is 2.72 bits per heavy atom. The average molecular weight is 251 g/mol. The molecule has 104 valence electrons. The Morgan fingerprint density at radius 1 is 1.28 bits per heavy atom. The van der Waals surface area contributed by atoms with Gasteiger partial charge in [0.2, 0.25) is 0 Å². The molecule has 3 fully saturated rings. The maximum atomic E-state index is 3.92. The number of rotatable bonds is 1. The van der Waals surface area contributed by atoms with Crippen LogP contribution in [0, 0.1) is 11.3 Å². The van der Waals surface area contributed by atoms with Crippen molar-refractivity contribution in [3.63, 3.8) is 0 Å². The summed E-state index contributed by atoms with van der Waals surface area (Å²) < 4.78 is 0. The Hall–Kier alpha value is -0.120. The van der Waals surface area contributed by atoms with E-state index in [2.05, 4.69) is 43.2 Å². The first kappa shape index (κ1) is 12.9. The van der Waals surface area contributed by atoms with Gasteiger partial charge in [-0.15, -0.1) is 0 Å². The molecule has 3 heterocycles. The van der Waals surface area contributed by atoms with Gasteiger partial charge in [-0.3, -0.25) is 10.2 Å². The van der Waals surface area contributed by atoms with Gasteiger partial charge in [0.25, 0.3) is 0 Å². The fourth-order valence-corrected chi connectivity index (χ4v) is 4.56. The second-order valence-corrected chi connectivity index (χ2v) is 7.45. The Kier molecular flexibility index (Phi) is 3.20. The predicted octanol–water partition coefficient (Wildman–Crippen LogP) is 1.79. The standard InChI is InChI=1S/C15H29N3/c1-5-18-12(15(2,3)4)9-10-13-11(17-14(10)18)7-6-8-16-13/h10-14,16-17H,5-9H2,1-4H3. The van der Waals surface area contributed by atoms with Crippen LogP contribution in [0.4, 0.5) is 0 Å². The molecule has 3 aliphatic heterocycles. The van der Waals surface area contributed by atoms with E-state index in [1.54, 1.807) is 0 Å². The lowest BCUT2D eigenvalue weighted by Gasteiger charge is -2.38. The number of fused-ring (bicyclic) bond motifs is 3. The van der Waals surface area contributed by atoms with Crippen molar-refractivity contribution in [2.75, 3.05) is 13.1 Å². The predicted molar refractivity (Wildman–Crippen MR) is 75.5 cm³/mol. The Balaban J connectivity index is 1.81. The van der Waals surface area contributed by atoms with E-state index in [-0.39, 0.29) is 0 Å². The van der Waals surface area contributed by atoms with Crippen LogP contribution in [0.1, 0.15) is 47.0 Å². The number of hydrogen-bond acceptors (Lipinski definition) is 3. The summed E-state index contributed by atoms with van der Waals surface area (Å²) in [5.41, 5.74) is 0.395. The molecule has 0 radical (unpaired) electrons. The first-order chi connectivity index (χ1) is 8.52. The fraction of sp³-hybridized carbons (Fsp3) is 1.00. The maximum Gasteiger partial charge on any atom is 0.0647 e. The Bertz CT molecular complexity index is 309. The third-order valence-corrected chi connectivity index (χ3v) is 5.37. The minimum Gasteiger partial charge on any atom is -0.312 e. The molecular weight excluding hydrogens is 222 g/mol. The summed E-state index contributed by atoms with van der Waals surface area (Å²) in [5, 5.41) is 7.70. The van der Waals surface area contributed by atoms with E-state index in [1.807, 2.05) is 0 Å². The van der Waals surface area contributed by atoms with E-state index < -0.39 is 0 Å². The fourth-order valence-electron chi connectivity index (χ4n) is 4.56. The summed E-state index contributed by atoms with van der Waals surface area (Å²) in [4.78, 5) is 2.73. The third-order valence-electron chi connectivity index (χ3n) is 5.37. The SMILES string of the molecule is CCN1C2NC3CCCNC3C2CC1C(C)(C)C. The van der Waals surface area contributed by atoms with E-state index in [0.29, 0.717) is 11.6 Å². The van der Waals surface area contributed by atoms with Crippen molar-refractivity contribution in [1.82, 2.24) is 15.5 Å². The van der Waals surface area contributed by atoms with E-state index in [1.165, 1.54) is 32.4 Å². The summed E-state index contributed by atoms with van der Waals surface area (Å²) in [6, 6.07) is 2.18. The molecule has 0 saturated carbocycles. The van der Waals surface area contributed by atoms with Crippen LogP contribution >= 0.6 is 0 Å². The van der Waals surface area contributed by atoms with Crippen molar-refractivity contribution < 1.29 is 0 Å². The molecule has 0 aromatic rings. The van der Waals surface area contributed by atoms with E-state index in [0.717, 1.165) is 24.0 Å². The van der Waals surface area contributed by atoms with Crippen LogP contribution in [0.25, 0.3) is 0 Å². The van der Waals surface area contributed by atoms with Crippen LogP contribution in [0.2, 0.25) is 0 Å². The van der Waals surface area contributed by atoms with Crippen LogP contribution in [0.5, 0.6) is 0 Å². The highest BCUT2D eigenvalue weighted by atomic mass is 15.4. The van der Waals surface area contributed by atoms with Crippen LogP contribution < -0.4 is 10.6 Å². The molecule has 0 aromatic heterocycles. The molecular formula is C15H29N3. The van der Waals surface area contributed by atoms with Gasteiger partial charge >= 0.3 is 0 Å². The van der Waals surface area contributed by atoms with Gasteiger partial charge in [0.05, 0.1) is 6.17 Å². The molecule has 5 atom stereocenters. The van der Waals surface area contributed by atoms with Gasteiger partial charge in [0.1, 0.15) is 0 Å². The van der Waals surface area contributed by atoms with Crippen molar-refractivity contribution >= 4 is 0 Å². The monoisotopic (exact) mass is 251 g/mol. The second kappa shape index (κ2) is 4.46. The minimum absolute atomic E-state index is 0.395. The summed E-state index contributed by atoms with van der Waals surface area (Å²) in [5.74, 6) is 0.819. The van der Waals surface area contributed by atoms with Crippen LogP contribution in [0.3, 0.4) is 0 Å². The van der Waals surface area contributed by atoms with Gasteiger partial charge in [-0.2, -0.15) is 0 Å². The van der Waals surface area contributed by atoms with Gasteiger partial charge in [0.15, 0.2) is 0 Å². The van der Waals surface area contributed by atoms with Crippen molar-refractivity contribution in [2.24, 2.45) is 11.3 Å². The summed E-state index contributed by atoms with van der Waals surface area (Å²) in [7, 11) is 0. The number of nitrogens with zero attached hydrogens (tertiary/aromatic N) is 1. The first-order valence-electron chi connectivity index (χ1n) is 7.77. The van der Waals surface area contributed by atoms with Crippen LogP contribution in [0.15, 0.2) is 0 Å². The van der Waals surface area contributed by atoms with Crippen molar-refractivity contribution in [1.29, 1.82) is 0 Å². The normalized spacial score (nSPS) is 45.0. The lowest BCUT2D eigenvalue weighted by atomic mass is 9.81. The van der Waals surface area contributed by atoms with Crippen molar-refractivity contribution in [3.8, 4) is 0 Å². The minimum atomic E-state index is 0.395. The van der Waals surface area contributed by atoms with Gasteiger partial charge in [-0.1, -0.05) is 27.7 Å². The molecule has 0 aromatic carbocycles. The van der Waals surface area contributed by atoms with E-state index in [4.69, 9.17) is 0 Å². The van der Waals surface area contributed by atoms with Crippen LogP contribution in [-0.2, 0) is 0 Å². The average Bonchev–Trinajstić information content (AvgIpc) is 2.83. The smallest absolute Gasteiger partial charge is 0.0647 e. The van der Waals surface area contributed by atoms with E-state index >= 15 is 0 Å². The highest BCUT2D eigenvalue weighted by molar-refractivity contribution is 5.10. The highest BCUT2D eigenvalue weighted by Gasteiger charge is 2.54. The Labute approximate surface area is 112 Å². The van der Waals surface area contributed by atoms with Crippen molar-refractivity contribution in [2.45, 2.75) is 71.2 Å². The van der Waals surface area contributed by atoms with Gasteiger partial charge in [-0.25, -0.2) is 0 Å². The maximum absolute atomic E-state index is 3.92. The molecule has 0 bridgehead atoms. The second-order valence-electron chi connectivity index (χ2n) is 7.45. The molecule has 3 saturated heterocycles. The van der Waals surface area contributed by atoms with Crippen molar-refractivity contribution in [3.05, 3.63) is 0 Å². The largest absolute Gasteiger partial charge is 0.312 e. The molecule has 0 amide bonds. The zero-order chi connectivity index (χ0) is 12.9. The quantitative estimate of drug-likeness (QED) is 0.744. The third kappa shape index (κ3) is 1.91. The zero-order valence-corrected chi connectivity index (χ0v) is 12.4. The number of piperidine rings is 1. The van der Waals surface area contributed by atoms with Gasteiger partial charge in [0, 0.05) is 24.0 Å². The number of likely N-dealkylation sites (tertiary alicyclic amines) is 1. The number of hydrogen-bond donors (Lipinski definition) is 2. The molecule has 2 N–H and O–H groups in total. The highest BCUT2D eigenvalue weighted by Crippen LogP contribution is 2.44. The molecule has 3 aliphatic rings. The lowest BCUT2D eigenvalue weighted by molar-refractivity contribution is 0.0989. The Morgan fingerprint density at radius 2 is 2.06 bits per heavy atom. The first-order valence-corrected chi connectivity index (χ1v) is 7.77. The van der Waals surface area contributed by atoms with Gasteiger partial charge < -0.3 is 5.32 Å². The molecule has 5 unspecified atom stereocenters. The van der Waals surface area contributed by atoms with E-state index in [9.17, 15) is 0 Å². The molecule has 18 heavy (non-hydrogen) atoms. The summed E-state index contributed by atoms with van der Waals surface area (Å²) in [6.07, 6.45) is 4.69. The molecule has 3 rings (SSSR count). The number of nitrogens with one attached hydrogen (secondary N) is 2. The van der Waals surface area contributed by atoms with Crippen LogP contribution in [-0.4, -0.2) is 42.3 Å². The molecule has 0 spiro atoms.